The highest BCUT2D eigenvalue weighted by molar-refractivity contribution is 7.91. The predicted octanol–water partition coefficient (Wildman–Crippen LogP) is 0.143. The van der Waals surface area contributed by atoms with E-state index in [4.69, 9.17) is 4.42 Å². The van der Waals surface area contributed by atoms with Crippen LogP contribution in [0, 0.1) is 5.92 Å². The Kier molecular flexibility index (Phi) is 5.75. The summed E-state index contributed by atoms with van der Waals surface area (Å²) in [6.07, 6.45) is 2.17. The molecule has 4 rings (SSSR count). The summed E-state index contributed by atoms with van der Waals surface area (Å²) in [4.78, 5) is 16.4. The number of nitrogens with zero attached hydrogens (tertiary/aromatic N) is 3. The van der Waals surface area contributed by atoms with E-state index < -0.39 is 25.8 Å². The molecule has 4 heterocycles. The molecular weight excluding hydrogens is 418 g/mol. The lowest BCUT2D eigenvalue weighted by atomic mass is 10.1. The number of hydrogen-bond acceptors (Lipinski definition) is 7. The van der Waals surface area contributed by atoms with Crippen molar-refractivity contribution in [2.24, 2.45) is 5.92 Å². The molecule has 9 nitrogen and oxygen atoms in total. The van der Waals surface area contributed by atoms with Gasteiger partial charge in [0.1, 0.15) is 5.76 Å². The lowest BCUT2D eigenvalue weighted by Crippen LogP contribution is -2.50. The van der Waals surface area contributed by atoms with Gasteiger partial charge < -0.3 is 9.32 Å². The fourth-order valence-electron chi connectivity index (χ4n) is 4.23. The van der Waals surface area contributed by atoms with E-state index in [1.54, 1.807) is 11.0 Å². The van der Waals surface area contributed by atoms with Crippen molar-refractivity contribution in [3.05, 3.63) is 17.9 Å². The molecule has 1 aromatic rings. The summed E-state index contributed by atoms with van der Waals surface area (Å²) in [7, 11) is -6.62. The minimum atomic E-state index is -3.55. The third-order valence-electron chi connectivity index (χ3n) is 5.94. The number of sulfonamides is 1. The van der Waals surface area contributed by atoms with Crippen LogP contribution in [0.2, 0.25) is 0 Å². The first-order chi connectivity index (χ1) is 13.7. The molecular formula is C18H27N3O6S2. The van der Waals surface area contributed by atoms with Crippen LogP contribution >= 0.6 is 0 Å². The van der Waals surface area contributed by atoms with E-state index in [0.717, 1.165) is 12.8 Å². The number of rotatable bonds is 5. The number of hydrogen-bond donors (Lipinski definition) is 0. The maximum Gasteiger partial charge on any atom is 0.276 e. The first-order valence-electron chi connectivity index (χ1n) is 10.0. The van der Waals surface area contributed by atoms with Gasteiger partial charge in [-0.2, -0.15) is 4.31 Å². The van der Waals surface area contributed by atoms with Crippen molar-refractivity contribution in [1.82, 2.24) is 14.1 Å². The van der Waals surface area contributed by atoms with E-state index in [-0.39, 0.29) is 22.5 Å². The maximum absolute atomic E-state index is 12.6. The zero-order chi connectivity index (χ0) is 20.6. The van der Waals surface area contributed by atoms with Crippen molar-refractivity contribution in [2.75, 3.05) is 50.8 Å². The number of piperazine rings is 1. The summed E-state index contributed by atoms with van der Waals surface area (Å²) in [5, 5.41) is -0.00865. The molecule has 162 valence electrons. The Labute approximate surface area is 171 Å². The summed E-state index contributed by atoms with van der Waals surface area (Å²) in [5.41, 5.74) is 0. The van der Waals surface area contributed by atoms with Gasteiger partial charge in [-0.15, -0.1) is 0 Å². The smallest absolute Gasteiger partial charge is 0.276 e. The van der Waals surface area contributed by atoms with Crippen LogP contribution in [0.3, 0.4) is 0 Å². The molecule has 3 aliphatic rings. The number of amides is 1. The van der Waals surface area contributed by atoms with Gasteiger partial charge in [0.15, 0.2) is 9.84 Å². The molecule has 3 aliphatic heterocycles. The van der Waals surface area contributed by atoms with Crippen molar-refractivity contribution in [3.63, 3.8) is 0 Å². The second kappa shape index (κ2) is 8.01. The lowest BCUT2D eigenvalue weighted by molar-refractivity contribution is -0.136. The van der Waals surface area contributed by atoms with Crippen molar-refractivity contribution < 1.29 is 26.0 Å². The van der Waals surface area contributed by atoms with Crippen LogP contribution < -0.4 is 0 Å². The monoisotopic (exact) mass is 445 g/mol. The van der Waals surface area contributed by atoms with Gasteiger partial charge in [-0.05, 0) is 31.4 Å². The zero-order valence-corrected chi connectivity index (χ0v) is 18.0. The minimum Gasteiger partial charge on any atom is -0.447 e. The van der Waals surface area contributed by atoms with E-state index in [1.165, 1.54) is 10.4 Å². The van der Waals surface area contributed by atoms with Crippen LogP contribution in [-0.4, -0.2) is 87.6 Å². The minimum absolute atomic E-state index is 0.00865. The Morgan fingerprint density at radius 2 is 1.76 bits per heavy atom. The van der Waals surface area contributed by atoms with Crippen molar-refractivity contribution in [2.45, 2.75) is 30.9 Å². The molecule has 3 saturated heterocycles. The lowest BCUT2D eigenvalue weighted by Gasteiger charge is -2.35. The molecule has 1 aromatic heterocycles. The second-order valence-electron chi connectivity index (χ2n) is 8.03. The zero-order valence-electron chi connectivity index (χ0n) is 16.3. The van der Waals surface area contributed by atoms with Crippen LogP contribution in [-0.2, 0) is 31.2 Å². The summed E-state index contributed by atoms with van der Waals surface area (Å²) >= 11 is 0. The fraction of sp³-hybridized carbons (Fsp3) is 0.722. The summed E-state index contributed by atoms with van der Waals surface area (Å²) in [6.45, 7) is 3.91. The Morgan fingerprint density at radius 3 is 2.38 bits per heavy atom. The molecule has 0 saturated carbocycles. The first kappa shape index (κ1) is 20.8. The molecule has 0 radical (unpaired) electrons. The summed E-state index contributed by atoms with van der Waals surface area (Å²) in [6, 6.07) is 3.22. The number of furan rings is 1. The molecule has 11 heteroatoms. The average molecular weight is 446 g/mol. The van der Waals surface area contributed by atoms with Gasteiger partial charge in [0.25, 0.3) is 10.0 Å². The number of sulfone groups is 1. The van der Waals surface area contributed by atoms with Gasteiger partial charge in [0, 0.05) is 39.3 Å². The predicted molar refractivity (Wildman–Crippen MR) is 105 cm³/mol. The molecule has 0 spiro atoms. The van der Waals surface area contributed by atoms with E-state index in [9.17, 15) is 21.6 Å². The molecule has 0 N–H and O–H groups in total. The molecule has 0 aromatic carbocycles. The highest BCUT2D eigenvalue weighted by Gasteiger charge is 2.36. The van der Waals surface area contributed by atoms with Gasteiger partial charge in [-0.25, -0.2) is 16.8 Å². The highest BCUT2D eigenvalue weighted by Crippen LogP contribution is 2.24. The van der Waals surface area contributed by atoms with Crippen LogP contribution in [0.25, 0.3) is 0 Å². The van der Waals surface area contributed by atoms with Crippen LogP contribution in [0.5, 0.6) is 0 Å². The summed E-state index contributed by atoms with van der Waals surface area (Å²) in [5.74, 6) is 0.180. The Balaban J connectivity index is 1.30. The maximum atomic E-state index is 12.6. The molecule has 0 bridgehead atoms. The van der Waals surface area contributed by atoms with Gasteiger partial charge in [-0.1, -0.05) is 0 Å². The molecule has 3 fully saturated rings. The van der Waals surface area contributed by atoms with Crippen LogP contribution in [0.15, 0.2) is 21.6 Å². The molecule has 0 unspecified atom stereocenters. The van der Waals surface area contributed by atoms with Crippen LogP contribution in [0.1, 0.15) is 25.0 Å². The van der Waals surface area contributed by atoms with Gasteiger partial charge in [0.2, 0.25) is 11.0 Å². The Hall–Kier alpha value is -1.43. The van der Waals surface area contributed by atoms with Crippen molar-refractivity contribution in [1.29, 1.82) is 0 Å². The van der Waals surface area contributed by atoms with Crippen molar-refractivity contribution in [3.8, 4) is 0 Å². The van der Waals surface area contributed by atoms with E-state index in [1.807, 2.05) is 0 Å². The van der Waals surface area contributed by atoms with E-state index >= 15 is 0 Å². The Bertz CT molecular complexity index is 957. The van der Waals surface area contributed by atoms with E-state index in [2.05, 4.69) is 4.90 Å². The molecule has 1 amide bonds. The fourth-order valence-corrected chi connectivity index (χ4v) is 7.41. The molecule has 0 aliphatic carbocycles. The second-order valence-corrected chi connectivity index (χ2v) is 12.1. The Morgan fingerprint density at radius 1 is 1.07 bits per heavy atom. The van der Waals surface area contributed by atoms with Crippen molar-refractivity contribution >= 4 is 25.8 Å². The summed E-state index contributed by atoms with van der Waals surface area (Å²) < 4.78 is 55.4. The topological polar surface area (TPSA) is 108 Å². The molecule has 1 atom stereocenters. The number of carbonyl (C=O) groups excluding carboxylic acids is 1. The SMILES string of the molecule is O=C([C@H]1CCS(=O)(=O)C1)N1CCN(Cc2ccc(S(=O)(=O)N3CCCC3)o2)CC1. The van der Waals surface area contributed by atoms with Gasteiger partial charge in [0.05, 0.1) is 24.0 Å². The normalized spacial score (nSPS) is 26.2. The third kappa shape index (κ3) is 4.52. The van der Waals surface area contributed by atoms with Gasteiger partial charge in [-0.3, -0.25) is 9.69 Å². The molecule has 29 heavy (non-hydrogen) atoms. The third-order valence-corrected chi connectivity index (χ3v) is 9.48. The standard InChI is InChI=1S/C18H27N3O6S2/c22-18(15-5-12-28(23,24)14-15)20-10-8-19(9-11-20)13-16-3-4-17(27-16)29(25,26)21-6-1-2-7-21/h3-4,15H,1-2,5-14H2/t15-/m0/s1. The van der Waals surface area contributed by atoms with Crippen LogP contribution in [0.4, 0.5) is 0 Å². The highest BCUT2D eigenvalue weighted by atomic mass is 32.2. The number of carbonyl (C=O) groups is 1. The average Bonchev–Trinajstić information content (AvgIpc) is 3.42. The van der Waals surface area contributed by atoms with Gasteiger partial charge >= 0.3 is 0 Å². The first-order valence-corrected chi connectivity index (χ1v) is 13.3. The van der Waals surface area contributed by atoms with E-state index in [0.29, 0.717) is 58.0 Å². The quantitative estimate of drug-likeness (QED) is 0.634. The largest absolute Gasteiger partial charge is 0.447 e.